The molecule has 3 unspecified atom stereocenters. The molecule has 0 radical (unpaired) electrons. The van der Waals surface area contributed by atoms with E-state index in [-0.39, 0.29) is 64.2 Å². The molecule has 3 aromatic rings. The zero-order chi connectivity index (χ0) is 51.0. The molecule has 18 heteroatoms. The second-order valence-electron chi connectivity index (χ2n) is 18.3. The zero-order valence-electron chi connectivity index (χ0n) is 41.2. The minimum absolute atomic E-state index is 0.141. The van der Waals surface area contributed by atoms with E-state index in [0.29, 0.717) is 74.2 Å². The van der Waals surface area contributed by atoms with E-state index < -0.39 is 18.4 Å². The molecule has 7 rings (SSSR count). The fraction of sp³-hybridized carbons (Fsp3) is 0.538. The van der Waals surface area contributed by atoms with Gasteiger partial charge in [-0.15, -0.1) is 11.3 Å². The Morgan fingerprint density at radius 3 is 2.43 bits per heavy atom. The van der Waals surface area contributed by atoms with Crippen molar-refractivity contribution in [2.45, 2.75) is 128 Å². The number of piperidine rings is 2. The Bertz CT molecular complexity index is 2320. The number of unbranched alkanes of at least 4 members (excludes halogenated alkanes) is 2. The molecule has 2 saturated heterocycles. The van der Waals surface area contributed by atoms with Gasteiger partial charge in [-0.3, -0.25) is 19.8 Å². The van der Waals surface area contributed by atoms with Crippen molar-refractivity contribution in [2.24, 2.45) is 17.6 Å². The number of nitrogens with zero attached hydrogens (tertiary/aromatic N) is 3. The summed E-state index contributed by atoms with van der Waals surface area (Å²) in [5.41, 5.74) is 14.0. The van der Waals surface area contributed by atoms with Crippen LogP contribution in [0.2, 0.25) is 0 Å². The number of aliphatic hydroxyl groups excluding tert-OH is 1. The van der Waals surface area contributed by atoms with Gasteiger partial charge in [0, 0.05) is 67.0 Å². The minimum atomic E-state index is -1.28. The molecular formula is C52H71FN6O9S2. The van der Waals surface area contributed by atoms with Crippen LogP contribution in [0.3, 0.4) is 0 Å². The number of hydrazine groups is 1. The third-order valence-corrected chi connectivity index (χ3v) is 16.1. The lowest BCUT2D eigenvalue weighted by atomic mass is 9.78. The normalized spacial score (nSPS) is 18.8. The van der Waals surface area contributed by atoms with Crippen LogP contribution in [0.5, 0.6) is 5.75 Å². The summed E-state index contributed by atoms with van der Waals surface area (Å²) in [6.07, 6.45) is 11.2. The number of ether oxygens (including phenoxy) is 1. The molecule has 1 aromatic heterocycles. The van der Waals surface area contributed by atoms with Gasteiger partial charge >= 0.3 is 12.0 Å². The summed E-state index contributed by atoms with van der Waals surface area (Å²) in [5, 5.41) is 21.4. The predicted octanol–water partition coefficient (Wildman–Crippen LogP) is 9.37. The number of amides is 4. The van der Waals surface area contributed by atoms with Crippen LogP contribution in [0, 0.1) is 17.7 Å². The van der Waals surface area contributed by atoms with Gasteiger partial charge in [0.1, 0.15) is 12.9 Å². The molecule has 70 heavy (non-hydrogen) atoms. The maximum absolute atomic E-state index is 15.8. The van der Waals surface area contributed by atoms with Crippen LogP contribution in [0.25, 0.3) is 5.57 Å². The first-order valence-corrected chi connectivity index (χ1v) is 26.3. The number of aldehydes is 2. The number of hydrogen-bond acceptors (Lipinski definition) is 12. The number of hydrogen-bond donors (Lipinski definition) is 5. The average molecular weight is 1010 g/mol. The van der Waals surface area contributed by atoms with Crippen LogP contribution in [0.1, 0.15) is 158 Å². The fourth-order valence-electron chi connectivity index (χ4n) is 10.2. The Balaban J connectivity index is 0.00000222. The molecule has 2 fully saturated rings. The Kier molecular flexibility index (Phi) is 21.4. The molecule has 382 valence electrons. The zero-order valence-corrected chi connectivity index (χ0v) is 42.8. The maximum Gasteiger partial charge on any atom is 0.349 e. The van der Waals surface area contributed by atoms with E-state index in [1.54, 1.807) is 11.9 Å². The van der Waals surface area contributed by atoms with Crippen molar-refractivity contribution in [1.82, 2.24) is 19.6 Å². The monoisotopic (exact) mass is 1010 g/mol. The molecular weight excluding hydrogens is 936 g/mol. The van der Waals surface area contributed by atoms with Crippen LogP contribution >= 0.6 is 23.3 Å². The lowest BCUT2D eigenvalue weighted by molar-refractivity contribution is -0.125. The van der Waals surface area contributed by atoms with Crippen LogP contribution in [-0.2, 0) is 20.1 Å². The van der Waals surface area contributed by atoms with Crippen molar-refractivity contribution in [3.8, 4) is 5.75 Å². The largest absolute Gasteiger partial charge is 0.481 e. The first-order chi connectivity index (χ1) is 33.8. The van der Waals surface area contributed by atoms with Crippen molar-refractivity contribution in [1.29, 1.82) is 0 Å². The van der Waals surface area contributed by atoms with Crippen molar-refractivity contribution in [2.75, 3.05) is 45.2 Å². The number of allylic oxidation sites excluding steroid dienone is 1. The number of nitrogens with one attached hydrogen (secondary N) is 2. The van der Waals surface area contributed by atoms with Gasteiger partial charge in [-0.1, -0.05) is 62.6 Å². The van der Waals surface area contributed by atoms with Gasteiger partial charge in [-0.05, 0) is 136 Å². The molecule has 4 aliphatic rings. The third kappa shape index (κ3) is 13.6. The number of carboxylic acid groups (broad SMARTS) is 1. The number of aliphatic hydroxyl groups is 1. The van der Waals surface area contributed by atoms with Crippen molar-refractivity contribution in [3.05, 3.63) is 86.4 Å². The molecule has 6 N–H and O–H groups in total. The summed E-state index contributed by atoms with van der Waals surface area (Å²) >= 11 is 2.67. The fourth-order valence-corrected chi connectivity index (χ4v) is 12.4. The van der Waals surface area contributed by atoms with Crippen molar-refractivity contribution >= 4 is 70.9 Å². The highest BCUT2D eigenvalue weighted by atomic mass is 32.2. The van der Waals surface area contributed by atoms with E-state index in [2.05, 4.69) is 47.1 Å². The number of aromatic carboxylic acids is 1. The number of nitrogens with two attached hydrogens (primary N) is 1. The first-order valence-electron chi connectivity index (χ1n) is 24.6. The van der Waals surface area contributed by atoms with Crippen LogP contribution in [0.15, 0.2) is 48.5 Å². The number of carbonyl (C=O) groups is 6. The quantitative estimate of drug-likeness (QED) is 0.0384. The topological polar surface area (TPSA) is 212 Å². The number of thiophene rings is 1. The number of anilines is 1. The summed E-state index contributed by atoms with van der Waals surface area (Å²) in [7, 11) is 1.00. The third-order valence-electron chi connectivity index (χ3n) is 13.4. The molecule has 15 nitrogen and oxygen atoms in total. The Morgan fingerprint density at radius 1 is 1.01 bits per heavy atom. The molecule has 1 aliphatic carbocycles. The number of rotatable bonds is 21. The molecule has 4 heterocycles. The van der Waals surface area contributed by atoms with Crippen LogP contribution in [0.4, 0.5) is 14.9 Å². The molecule has 4 amide bonds. The molecule has 0 bridgehead atoms. The smallest absolute Gasteiger partial charge is 0.349 e. The van der Waals surface area contributed by atoms with Gasteiger partial charge < -0.3 is 35.7 Å². The van der Waals surface area contributed by atoms with Gasteiger partial charge in [-0.25, -0.2) is 23.3 Å². The lowest BCUT2D eigenvalue weighted by Gasteiger charge is -2.45. The van der Waals surface area contributed by atoms with Crippen molar-refractivity contribution in [3.63, 3.8) is 0 Å². The van der Waals surface area contributed by atoms with E-state index in [4.69, 9.17) is 15.6 Å². The van der Waals surface area contributed by atoms with Gasteiger partial charge in [0.15, 0.2) is 22.7 Å². The summed E-state index contributed by atoms with van der Waals surface area (Å²) in [6.45, 7) is 10.6. The maximum atomic E-state index is 15.8. The van der Waals surface area contributed by atoms with Crippen LogP contribution in [-0.4, -0.2) is 106 Å². The summed E-state index contributed by atoms with van der Waals surface area (Å²) in [4.78, 5) is 75.3. The molecule has 3 aliphatic heterocycles. The number of carboxylic acids is 1. The molecule has 0 spiro atoms. The average Bonchev–Trinajstić information content (AvgIpc) is 3.84. The van der Waals surface area contributed by atoms with Gasteiger partial charge in [-0.2, -0.15) is 0 Å². The first kappa shape index (κ1) is 55.8. The van der Waals surface area contributed by atoms with E-state index >= 15 is 4.39 Å². The number of benzene rings is 2. The Hall–Kier alpha value is -5.14. The van der Waals surface area contributed by atoms with E-state index in [1.807, 2.05) is 49.1 Å². The number of urea groups is 1. The molecule has 3 atom stereocenters. The SMILES string of the molecule is CC.CC1(C)CC(CC(CCCCN)c2sc(C(=O)O)c(OCC=O)c2F)CCN1SCc1cccc(NC(=O)N2CCC(C3=CCC4c5c(cccc53)C(=O)N4NC(=O)CCCC=O)CC2)c1.CO. The van der Waals surface area contributed by atoms with E-state index in [1.165, 1.54) is 10.6 Å². The summed E-state index contributed by atoms with van der Waals surface area (Å²) in [6, 6.07) is 13.3. The predicted molar refractivity (Wildman–Crippen MR) is 273 cm³/mol. The summed E-state index contributed by atoms with van der Waals surface area (Å²) in [5.74, 6) is -1.80. The molecule has 0 saturated carbocycles. The van der Waals surface area contributed by atoms with Gasteiger partial charge in [0.25, 0.3) is 5.91 Å². The van der Waals surface area contributed by atoms with Crippen LogP contribution < -0.4 is 21.2 Å². The Morgan fingerprint density at radius 2 is 1.74 bits per heavy atom. The summed E-state index contributed by atoms with van der Waals surface area (Å²) < 4.78 is 23.5. The highest BCUT2D eigenvalue weighted by Crippen LogP contribution is 2.48. The number of carbonyl (C=O) groups excluding carboxylic acids is 5. The molecule has 2 aromatic carbocycles. The van der Waals surface area contributed by atoms with Crippen molar-refractivity contribution < 1.29 is 48.1 Å². The number of likely N-dealkylation sites (tertiary alicyclic amines) is 1. The Labute approximate surface area is 419 Å². The lowest BCUT2D eigenvalue weighted by Crippen LogP contribution is -2.46. The second-order valence-corrected chi connectivity index (χ2v) is 20.4. The van der Waals surface area contributed by atoms with E-state index in [0.717, 1.165) is 92.2 Å². The van der Waals surface area contributed by atoms with E-state index in [9.17, 15) is 33.9 Å². The standard InChI is InChI=1S/C49H61FN6O8S2.C2H6.CH4O/c1-49(2)29-31(27-34(10-3-5-20-51)44-42(50)43(64-26-25-58)45(66-44)47(61)62)17-23-55(49)65-30-32-9-7-11-35(28-32)52-48(63)54-21-18-33(19-22-54)36-15-16-39-41-37(36)12-8-13-38(41)46(60)56(39)53-40(59)14-4-6-24-57;2*1-2/h7-9,11-13,15,24-25,28,31,33-34,39H,3-6,10,14,16-23,26-27,29-30,51H2,1-2H3,(H,52,63)(H,53,59)(H,61,62);1-2H3;2H,1H3. The highest BCUT2D eigenvalue weighted by Gasteiger charge is 2.43. The second kappa shape index (κ2) is 26.9. The van der Waals surface area contributed by atoms with Gasteiger partial charge in [0.2, 0.25) is 5.91 Å². The number of halogens is 1. The van der Waals surface area contributed by atoms with Gasteiger partial charge in [0.05, 0.1) is 6.04 Å². The minimum Gasteiger partial charge on any atom is -0.481 e. The highest BCUT2D eigenvalue weighted by molar-refractivity contribution is 7.96.